The molecule has 3 aromatic rings. The largest absolute Gasteiger partial charge is 0.479 e. The number of aliphatic hydroxyl groups is 1. The second-order valence-corrected chi connectivity index (χ2v) is 8.01. The Morgan fingerprint density at radius 3 is 2.42 bits per heavy atom. The number of aliphatic carboxylic acids is 1. The smallest absolute Gasteiger partial charge is 0.333 e. The Labute approximate surface area is 208 Å². The molecule has 0 saturated heterocycles. The summed E-state index contributed by atoms with van der Waals surface area (Å²) in [6.45, 7) is 0.668. The van der Waals surface area contributed by atoms with E-state index >= 15 is 0 Å². The maximum absolute atomic E-state index is 12.8. The molecule has 0 spiro atoms. The SMILES string of the molecule is COCCCNC(=O)c1cc(C(=O)NN(Cc2ccc(-c3ccccc3)cc2)CC(O)C(=O)O)[nH]n1. The van der Waals surface area contributed by atoms with Crippen molar-refractivity contribution in [3.8, 4) is 11.1 Å². The molecule has 0 aliphatic heterocycles. The van der Waals surface area contributed by atoms with E-state index in [1.54, 1.807) is 7.11 Å². The van der Waals surface area contributed by atoms with Crippen LogP contribution in [0, 0.1) is 0 Å². The van der Waals surface area contributed by atoms with E-state index in [2.05, 4.69) is 20.9 Å². The molecule has 190 valence electrons. The molecule has 11 nitrogen and oxygen atoms in total. The van der Waals surface area contributed by atoms with Gasteiger partial charge in [-0.3, -0.25) is 20.1 Å². The van der Waals surface area contributed by atoms with E-state index in [1.165, 1.54) is 11.1 Å². The van der Waals surface area contributed by atoms with Gasteiger partial charge in [0.1, 0.15) is 5.69 Å². The molecule has 0 aliphatic rings. The molecule has 11 heteroatoms. The minimum Gasteiger partial charge on any atom is -0.479 e. The van der Waals surface area contributed by atoms with Gasteiger partial charge in [-0.2, -0.15) is 5.10 Å². The molecule has 0 saturated carbocycles. The minimum absolute atomic E-state index is 0.00582. The third kappa shape index (κ3) is 7.73. The summed E-state index contributed by atoms with van der Waals surface area (Å²) in [5, 5.41) is 29.3. The van der Waals surface area contributed by atoms with Gasteiger partial charge in [-0.05, 0) is 23.1 Å². The Bertz CT molecular complexity index is 1150. The minimum atomic E-state index is -1.72. The number of carbonyl (C=O) groups excluding carboxylic acids is 2. The number of benzene rings is 2. The molecule has 36 heavy (non-hydrogen) atoms. The van der Waals surface area contributed by atoms with Gasteiger partial charge >= 0.3 is 5.97 Å². The number of nitrogens with zero attached hydrogens (tertiary/aromatic N) is 2. The van der Waals surface area contributed by atoms with Crippen molar-refractivity contribution in [3.05, 3.63) is 77.6 Å². The molecular weight excluding hydrogens is 466 g/mol. The maximum atomic E-state index is 12.8. The fraction of sp³-hybridized carbons (Fsp3) is 0.280. The lowest BCUT2D eigenvalue weighted by Gasteiger charge is -2.24. The van der Waals surface area contributed by atoms with E-state index < -0.39 is 23.9 Å². The van der Waals surface area contributed by atoms with Crippen molar-refractivity contribution in [1.29, 1.82) is 0 Å². The number of nitrogens with one attached hydrogen (secondary N) is 3. The summed E-state index contributed by atoms with van der Waals surface area (Å²) in [6.07, 6.45) is -1.09. The van der Waals surface area contributed by atoms with Crippen LogP contribution in [0.2, 0.25) is 0 Å². The molecular formula is C25H29N5O6. The first-order valence-corrected chi connectivity index (χ1v) is 11.3. The van der Waals surface area contributed by atoms with Crippen molar-refractivity contribution < 1.29 is 29.3 Å². The molecule has 2 amide bonds. The van der Waals surface area contributed by atoms with Crippen LogP contribution in [-0.4, -0.2) is 76.1 Å². The van der Waals surface area contributed by atoms with Gasteiger partial charge in [-0.1, -0.05) is 54.6 Å². The Balaban J connectivity index is 1.66. The molecule has 1 atom stereocenters. The summed E-state index contributed by atoms with van der Waals surface area (Å²) in [6, 6.07) is 18.7. The predicted molar refractivity (Wildman–Crippen MR) is 131 cm³/mol. The van der Waals surface area contributed by atoms with Gasteiger partial charge in [0, 0.05) is 32.9 Å². The number of methoxy groups -OCH3 is 1. The van der Waals surface area contributed by atoms with Crippen LogP contribution in [0.25, 0.3) is 11.1 Å². The van der Waals surface area contributed by atoms with Crippen LogP contribution in [0.1, 0.15) is 33.0 Å². The Morgan fingerprint density at radius 2 is 1.75 bits per heavy atom. The summed E-state index contributed by atoms with van der Waals surface area (Å²) < 4.78 is 4.93. The lowest BCUT2D eigenvalue weighted by atomic mass is 10.0. The van der Waals surface area contributed by atoms with Crippen LogP contribution in [0.15, 0.2) is 60.7 Å². The second-order valence-electron chi connectivity index (χ2n) is 8.01. The van der Waals surface area contributed by atoms with Crippen LogP contribution >= 0.6 is 0 Å². The summed E-state index contributed by atoms with van der Waals surface area (Å²) in [5.41, 5.74) is 5.46. The number of H-pyrrole nitrogens is 1. The number of carbonyl (C=O) groups is 3. The van der Waals surface area contributed by atoms with Crippen molar-refractivity contribution >= 4 is 17.8 Å². The lowest BCUT2D eigenvalue weighted by molar-refractivity contribution is -0.148. The highest BCUT2D eigenvalue weighted by atomic mass is 16.5. The van der Waals surface area contributed by atoms with Crippen LogP contribution in [-0.2, 0) is 16.1 Å². The van der Waals surface area contributed by atoms with Gasteiger partial charge in [-0.25, -0.2) is 9.80 Å². The first-order valence-electron chi connectivity index (χ1n) is 11.3. The van der Waals surface area contributed by atoms with Crippen molar-refractivity contribution in [3.63, 3.8) is 0 Å². The van der Waals surface area contributed by atoms with Crippen LogP contribution in [0.5, 0.6) is 0 Å². The predicted octanol–water partition coefficient (Wildman–Crippen LogP) is 1.44. The molecule has 0 bridgehead atoms. The van der Waals surface area contributed by atoms with Crippen molar-refractivity contribution in [2.45, 2.75) is 19.1 Å². The van der Waals surface area contributed by atoms with Gasteiger partial charge < -0.3 is 20.3 Å². The fourth-order valence-corrected chi connectivity index (χ4v) is 3.36. The topological polar surface area (TPSA) is 157 Å². The average molecular weight is 496 g/mol. The van der Waals surface area contributed by atoms with E-state index in [4.69, 9.17) is 9.84 Å². The number of hydrazine groups is 1. The highest BCUT2D eigenvalue weighted by Gasteiger charge is 2.22. The molecule has 1 aromatic heterocycles. The molecule has 0 aliphatic carbocycles. The zero-order chi connectivity index (χ0) is 25.9. The van der Waals surface area contributed by atoms with E-state index in [1.807, 2.05) is 54.6 Å². The molecule has 0 radical (unpaired) electrons. The summed E-state index contributed by atoms with van der Waals surface area (Å²) >= 11 is 0. The number of aromatic amines is 1. The normalized spacial score (nSPS) is 11.8. The number of aliphatic hydroxyl groups excluding tert-OH is 1. The number of carboxylic acids is 1. The van der Waals surface area contributed by atoms with E-state index in [-0.39, 0.29) is 24.5 Å². The molecule has 5 N–H and O–H groups in total. The average Bonchev–Trinajstić information content (AvgIpc) is 3.38. The van der Waals surface area contributed by atoms with Gasteiger partial charge in [0.15, 0.2) is 11.8 Å². The van der Waals surface area contributed by atoms with Crippen LogP contribution in [0.3, 0.4) is 0 Å². The van der Waals surface area contributed by atoms with Gasteiger partial charge in [0.25, 0.3) is 11.8 Å². The number of aromatic nitrogens is 2. The van der Waals surface area contributed by atoms with Crippen molar-refractivity contribution in [2.24, 2.45) is 0 Å². The number of hydrogen-bond acceptors (Lipinski definition) is 7. The highest BCUT2D eigenvalue weighted by Crippen LogP contribution is 2.19. The Hall–Kier alpha value is -4.06. The van der Waals surface area contributed by atoms with E-state index in [9.17, 15) is 19.5 Å². The van der Waals surface area contributed by atoms with E-state index in [0.717, 1.165) is 16.7 Å². The highest BCUT2D eigenvalue weighted by molar-refractivity contribution is 5.97. The zero-order valence-corrected chi connectivity index (χ0v) is 19.8. The molecule has 1 unspecified atom stereocenters. The summed E-state index contributed by atoms with van der Waals surface area (Å²) in [7, 11) is 1.57. The Kier molecular flexibility index (Phi) is 9.69. The fourth-order valence-electron chi connectivity index (χ4n) is 3.36. The number of carboxylic acid groups (broad SMARTS) is 1. The number of hydrogen-bond donors (Lipinski definition) is 5. The quantitative estimate of drug-likeness (QED) is 0.176. The van der Waals surface area contributed by atoms with Gasteiger partial charge in [-0.15, -0.1) is 0 Å². The van der Waals surface area contributed by atoms with Crippen LogP contribution in [0.4, 0.5) is 0 Å². The summed E-state index contributed by atoms with van der Waals surface area (Å²) in [4.78, 5) is 36.1. The molecule has 0 fully saturated rings. The zero-order valence-electron chi connectivity index (χ0n) is 19.8. The first kappa shape index (κ1) is 26.5. The molecule has 3 rings (SSSR count). The van der Waals surface area contributed by atoms with Crippen LogP contribution < -0.4 is 10.7 Å². The Morgan fingerprint density at radius 1 is 1.06 bits per heavy atom. The lowest BCUT2D eigenvalue weighted by Crippen LogP contribution is -2.47. The van der Waals surface area contributed by atoms with Gasteiger partial charge in [0.05, 0.1) is 6.54 Å². The van der Waals surface area contributed by atoms with Crippen molar-refractivity contribution in [1.82, 2.24) is 25.9 Å². The third-order valence-corrected chi connectivity index (χ3v) is 5.24. The maximum Gasteiger partial charge on any atom is 0.333 e. The number of rotatable bonds is 13. The number of ether oxygens (including phenoxy) is 1. The molecule has 1 heterocycles. The first-order chi connectivity index (χ1) is 17.4. The number of amides is 2. The standard InChI is InChI=1S/C25H29N5O6/c1-36-13-5-12-26-23(32)20-14-21(28-27-20)24(33)29-30(16-22(31)25(34)35)15-17-8-10-19(11-9-17)18-6-3-2-4-7-18/h2-4,6-11,14,22,31H,5,12-13,15-16H2,1H3,(H,26,32)(H,27,28)(H,29,33)(H,34,35). The van der Waals surface area contributed by atoms with Gasteiger partial charge in [0.2, 0.25) is 0 Å². The third-order valence-electron chi connectivity index (χ3n) is 5.24. The van der Waals surface area contributed by atoms with Crippen molar-refractivity contribution in [2.75, 3.05) is 26.8 Å². The molecule has 2 aromatic carbocycles. The second kappa shape index (κ2) is 13.1. The monoisotopic (exact) mass is 495 g/mol. The van der Waals surface area contributed by atoms with E-state index in [0.29, 0.717) is 19.6 Å². The summed E-state index contributed by atoms with van der Waals surface area (Å²) in [5.74, 6) is -2.50.